The molecule has 2 aromatic rings. The number of hydrogen-bond donors (Lipinski definition) is 0. The van der Waals surface area contributed by atoms with Gasteiger partial charge in [0.25, 0.3) is 0 Å². The molecule has 0 unspecified atom stereocenters. The van der Waals surface area contributed by atoms with Crippen LogP contribution in [0.2, 0.25) is 0 Å². The minimum absolute atomic E-state index is 0.0415. The highest BCUT2D eigenvalue weighted by molar-refractivity contribution is 5.99. The van der Waals surface area contributed by atoms with Crippen LogP contribution in [-0.2, 0) is 4.79 Å². The van der Waals surface area contributed by atoms with Gasteiger partial charge in [-0.3, -0.25) is 0 Å². The number of nitriles is 3. The highest BCUT2D eigenvalue weighted by atomic mass is 16.5. The Hall–Kier alpha value is -4.54. The fraction of sp³-hybridized carbons (Fsp3) is 0.130. The molecule has 0 radical (unpaired) electrons. The Labute approximate surface area is 174 Å². The van der Waals surface area contributed by atoms with Crippen molar-refractivity contribution in [3.05, 3.63) is 64.7 Å². The molecule has 0 aliphatic carbocycles. The summed E-state index contributed by atoms with van der Waals surface area (Å²) in [4.78, 5) is 12.4. The maximum Gasteiger partial charge on any atom is 0.354 e. The Bertz CT molecular complexity index is 1100. The molecule has 0 aliphatic heterocycles. The molecular formula is C23H17N3O4. The molecule has 0 atom stereocenters. The van der Waals surface area contributed by atoms with E-state index in [0.717, 1.165) is 0 Å². The van der Waals surface area contributed by atoms with Crippen LogP contribution < -0.4 is 14.2 Å². The molecule has 0 fully saturated rings. The van der Waals surface area contributed by atoms with Gasteiger partial charge in [-0.2, -0.15) is 15.8 Å². The van der Waals surface area contributed by atoms with Crippen LogP contribution >= 0.6 is 0 Å². The molecule has 0 aromatic heterocycles. The molecule has 7 nitrogen and oxygen atoms in total. The lowest BCUT2D eigenvalue weighted by atomic mass is 10.1. The van der Waals surface area contributed by atoms with Gasteiger partial charge in [-0.15, -0.1) is 0 Å². The zero-order valence-electron chi connectivity index (χ0n) is 16.4. The van der Waals surface area contributed by atoms with Crippen molar-refractivity contribution in [3.8, 4) is 35.5 Å². The molecule has 2 aromatic carbocycles. The predicted octanol–water partition coefficient (Wildman–Crippen LogP) is 4.04. The molecule has 0 saturated heterocycles. The van der Waals surface area contributed by atoms with E-state index in [2.05, 4.69) is 0 Å². The van der Waals surface area contributed by atoms with Gasteiger partial charge in [0, 0.05) is 0 Å². The summed E-state index contributed by atoms with van der Waals surface area (Å²) in [6.45, 7) is 2.33. The van der Waals surface area contributed by atoms with Crippen LogP contribution in [0.3, 0.4) is 0 Å². The summed E-state index contributed by atoms with van der Waals surface area (Å²) in [7, 11) is 1.50. The van der Waals surface area contributed by atoms with Crippen LogP contribution in [0.4, 0.5) is 0 Å². The molecule has 0 amide bonds. The molecule has 7 heteroatoms. The number of ether oxygens (including phenoxy) is 3. The lowest BCUT2D eigenvalue weighted by molar-refractivity contribution is -0.129. The van der Waals surface area contributed by atoms with E-state index in [4.69, 9.17) is 24.7 Å². The second-order valence-electron chi connectivity index (χ2n) is 5.75. The smallest absolute Gasteiger partial charge is 0.354 e. The number of benzene rings is 2. The van der Waals surface area contributed by atoms with Crippen molar-refractivity contribution in [2.24, 2.45) is 0 Å². The standard InChI is InChI=1S/C23H17N3O4/c1-3-29-21-9-6-17(12-22(21)28-2)11-19(15-26)23(27)30-20-7-4-16(5-8-20)10-18(13-24)14-25/h4-12H,3H2,1-2H3/b19-11+. The van der Waals surface area contributed by atoms with Crippen LogP contribution in [0.5, 0.6) is 17.2 Å². The normalized spacial score (nSPS) is 10.0. The van der Waals surface area contributed by atoms with Crippen LogP contribution in [0.1, 0.15) is 18.1 Å². The van der Waals surface area contributed by atoms with Crippen molar-refractivity contribution in [2.75, 3.05) is 13.7 Å². The van der Waals surface area contributed by atoms with E-state index in [0.29, 0.717) is 29.2 Å². The van der Waals surface area contributed by atoms with Gasteiger partial charge in [0.05, 0.1) is 13.7 Å². The molecule has 0 spiro atoms. The Morgan fingerprint density at radius 2 is 1.60 bits per heavy atom. The average molecular weight is 399 g/mol. The molecule has 0 heterocycles. The molecule has 0 bridgehead atoms. The van der Waals surface area contributed by atoms with E-state index in [1.165, 1.54) is 31.4 Å². The van der Waals surface area contributed by atoms with E-state index in [1.54, 1.807) is 42.5 Å². The van der Waals surface area contributed by atoms with Crippen LogP contribution in [0.15, 0.2) is 53.6 Å². The maximum atomic E-state index is 12.4. The highest BCUT2D eigenvalue weighted by Crippen LogP contribution is 2.29. The van der Waals surface area contributed by atoms with Gasteiger partial charge in [-0.1, -0.05) is 18.2 Å². The molecular weight excluding hydrogens is 382 g/mol. The van der Waals surface area contributed by atoms with Crippen molar-refractivity contribution in [3.63, 3.8) is 0 Å². The summed E-state index contributed by atoms with van der Waals surface area (Å²) < 4.78 is 15.9. The van der Waals surface area contributed by atoms with E-state index in [-0.39, 0.29) is 16.9 Å². The number of carbonyl (C=O) groups is 1. The summed E-state index contributed by atoms with van der Waals surface area (Å²) in [6, 6.07) is 16.6. The van der Waals surface area contributed by atoms with Gasteiger partial charge >= 0.3 is 5.97 Å². The van der Waals surface area contributed by atoms with Crippen molar-refractivity contribution in [1.82, 2.24) is 0 Å². The third-order valence-corrected chi connectivity index (χ3v) is 3.78. The number of methoxy groups -OCH3 is 1. The SMILES string of the molecule is CCOc1ccc(/C=C(\C#N)C(=O)Oc2ccc(C=C(C#N)C#N)cc2)cc1OC. The Balaban J connectivity index is 2.19. The van der Waals surface area contributed by atoms with Crippen molar-refractivity contribution < 1.29 is 19.0 Å². The maximum absolute atomic E-state index is 12.4. The fourth-order valence-corrected chi connectivity index (χ4v) is 2.40. The summed E-state index contributed by atoms with van der Waals surface area (Å²) >= 11 is 0. The number of allylic oxidation sites excluding steroid dienone is 1. The summed E-state index contributed by atoms with van der Waals surface area (Å²) in [5.41, 5.74) is 0.942. The predicted molar refractivity (Wildman–Crippen MR) is 109 cm³/mol. The second-order valence-corrected chi connectivity index (χ2v) is 5.75. The highest BCUT2D eigenvalue weighted by Gasteiger charge is 2.13. The van der Waals surface area contributed by atoms with Gasteiger partial charge in [0.1, 0.15) is 35.1 Å². The molecule has 0 aliphatic rings. The van der Waals surface area contributed by atoms with Crippen molar-refractivity contribution in [2.45, 2.75) is 6.92 Å². The minimum Gasteiger partial charge on any atom is -0.493 e. The summed E-state index contributed by atoms with van der Waals surface area (Å²) in [5.74, 6) is 0.443. The third kappa shape index (κ3) is 5.73. The number of nitrogens with zero attached hydrogens (tertiary/aromatic N) is 3. The molecule has 2 rings (SSSR count). The lowest BCUT2D eigenvalue weighted by Crippen LogP contribution is -2.10. The van der Waals surface area contributed by atoms with Crippen LogP contribution in [0, 0.1) is 34.0 Å². The Morgan fingerprint density at radius 1 is 0.933 bits per heavy atom. The van der Waals surface area contributed by atoms with Gasteiger partial charge in [-0.05, 0) is 54.5 Å². The van der Waals surface area contributed by atoms with E-state index in [1.807, 2.05) is 13.0 Å². The quantitative estimate of drug-likeness (QED) is 0.298. The molecule has 30 heavy (non-hydrogen) atoms. The first-order valence-corrected chi connectivity index (χ1v) is 8.81. The number of hydrogen-bond acceptors (Lipinski definition) is 7. The number of esters is 1. The van der Waals surface area contributed by atoms with Gasteiger partial charge in [0.2, 0.25) is 0 Å². The van der Waals surface area contributed by atoms with E-state index < -0.39 is 5.97 Å². The molecule has 0 N–H and O–H groups in total. The van der Waals surface area contributed by atoms with Crippen LogP contribution in [-0.4, -0.2) is 19.7 Å². The molecule has 0 saturated carbocycles. The summed E-state index contributed by atoms with van der Waals surface area (Å²) in [5, 5.41) is 26.9. The molecule has 148 valence electrons. The first-order chi connectivity index (χ1) is 14.5. The zero-order valence-corrected chi connectivity index (χ0v) is 16.4. The van der Waals surface area contributed by atoms with Gasteiger partial charge < -0.3 is 14.2 Å². The monoisotopic (exact) mass is 399 g/mol. The topological polar surface area (TPSA) is 116 Å². The van der Waals surface area contributed by atoms with E-state index >= 15 is 0 Å². The first-order valence-electron chi connectivity index (χ1n) is 8.81. The van der Waals surface area contributed by atoms with Crippen LogP contribution in [0.25, 0.3) is 12.2 Å². The second kappa shape index (κ2) is 10.7. The van der Waals surface area contributed by atoms with E-state index in [9.17, 15) is 10.1 Å². The van der Waals surface area contributed by atoms with Crippen molar-refractivity contribution >= 4 is 18.1 Å². The fourth-order valence-electron chi connectivity index (χ4n) is 2.40. The number of carbonyl (C=O) groups excluding carboxylic acids is 1. The summed E-state index contributed by atoms with van der Waals surface area (Å²) in [6.07, 6.45) is 2.80. The largest absolute Gasteiger partial charge is 0.493 e. The zero-order chi connectivity index (χ0) is 21.9. The Morgan fingerprint density at radius 3 is 2.17 bits per heavy atom. The van der Waals surface area contributed by atoms with Crippen molar-refractivity contribution in [1.29, 1.82) is 15.8 Å². The minimum atomic E-state index is -0.816. The number of rotatable bonds is 7. The van der Waals surface area contributed by atoms with Gasteiger partial charge in [-0.25, -0.2) is 4.79 Å². The van der Waals surface area contributed by atoms with Gasteiger partial charge in [0.15, 0.2) is 11.5 Å². The average Bonchev–Trinajstić information content (AvgIpc) is 2.77. The Kier molecular flexibility index (Phi) is 7.76. The third-order valence-electron chi connectivity index (χ3n) is 3.78. The lowest BCUT2D eigenvalue weighted by Gasteiger charge is -2.09. The first kappa shape index (κ1) is 21.8.